The minimum absolute atomic E-state index is 0.0109. The van der Waals surface area contributed by atoms with E-state index >= 15 is 0 Å². The number of rotatable bonds is 6. The Morgan fingerprint density at radius 1 is 1.33 bits per heavy atom. The first-order chi connectivity index (χ1) is 8.38. The maximum absolute atomic E-state index is 12.2. The van der Waals surface area contributed by atoms with Crippen LogP contribution in [-0.2, 0) is 16.6 Å². The zero-order chi connectivity index (χ0) is 13.9. The molecule has 0 radical (unpaired) electrons. The van der Waals surface area contributed by atoms with Gasteiger partial charge in [0.1, 0.15) is 10.6 Å². The Hall–Kier alpha value is -1.34. The van der Waals surface area contributed by atoms with Crippen LogP contribution in [0.1, 0.15) is 31.3 Å². The first-order valence-corrected chi connectivity index (χ1v) is 7.26. The summed E-state index contributed by atoms with van der Waals surface area (Å²) in [6, 6.07) is 1.21. The lowest BCUT2D eigenvalue weighted by Gasteiger charge is -2.17. The van der Waals surface area contributed by atoms with E-state index in [0.29, 0.717) is 19.6 Å². The van der Waals surface area contributed by atoms with Gasteiger partial charge in [0.25, 0.3) is 0 Å². The van der Waals surface area contributed by atoms with E-state index in [1.807, 2.05) is 0 Å². The second-order valence-electron chi connectivity index (χ2n) is 3.74. The minimum atomic E-state index is -3.60. The Kier molecular flexibility index (Phi) is 4.53. The number of hydrogen-bond acceptors (Lipinski definition) is 3. The Morgan fingerprint density at radius 3 is 2.22 bits per heavy atom. The van der Waals surface area contributed by atoms with Crippen molar-refractivity contribution in [2.45, 2.75) is 32.2 Å². The number of carboxylic acids is 1. The van der Waals surface area contributed by atoms with Gasteiger partial charge < -0.3 is 9.67 Å². The number of aromatic carboxylic acids is 1. The highest BCUT2D eigenvalue weighted by Crippen LogP contribution is 2.19. The van der Waals surface area contributed by atoms with Gasteiger partial charge in [0.05, 0.1) is 0 Å². The summed E-state index contributed by atoms with van der Waals surface area (Å²) in [5, 5.41) is 9.00. The Balaban J connectivity index is 3.30. The minimum Gasteiger partial charge on any atom is -0.477 e. The summed E-state index contributed by atoms with van der Waals surface area (Å²) < 4.78 is 27.2. The van der Waals surface area contributed by atoms with E-state index in [9.17, 15) is 13.2 Å². The molecule has 0 aromatic carbocycles. The van der Waals surface area contributed by atoms with Gasteiger partial charge >= 0.3 is 5.97 Å². The largest absolute Gasteiger partial charge is 0.477 e. The lowest BCUT2D eigenvalue weighted by atomic mass is 10.4. The first kappa shape index (κ1) is 14.7. The fraction of sp³-hybridized carbons (Fsp3) is 0.545. The van der Waals surface area contributed by atoms with E-state index in [-0.39, 0.29) is 10.6 Å². The van der Waals surface area contributed by atoms with Crippen LogP contribution in [0.15, 0.2) is 17.2 Å². The molecule has 1 N–H and O–H groups in total. The molecule has 0 saturated heterocycles. The number of aryl methyl sites for hydroxylation is 1. The maximum atomic E-state index is 12.2. The predicted molar refractivity (Wildman–Crippen MR) is 67.2 cm³/mol. The van der Waals surface area contributed by atoms with Crippen molar-refractivity contribution in [3.8, 4) is 0 Å². The van der Waals surface area contributed by atoms with Gasteiger partial charge in [0.15, 0.2) is 0 Å². The van der Waals surface area contributed by atoms with Crippen LogP contribution in [0.25, 0.3) is 0 Å². The third-order valence-corrected chi connectivity index (χ3v) is 4.79. The third-order valence-electron chi connectivity index (χ3n) is 2.77. The van der Waals surface area contributed by atoms with Crippen molar-refractivity contribution in [3.05, 3.63) is 18.0 Å². The van der Waals surface area contributed by atoms with E-state index in [1.165, 1.54) is 21.1 Å². The molecule has 0 saturated carbocycles. The number of hydrogen-bond donors (Lipinski definition) is 1. The summed E-state index contributed by atoms with van der Waals surface area (Å²) in [5.41, 5.74) is -0.0109. The van der Waals surface area contributed by atoms with Crippen molar-refractivity contribution in [2.24, 2.45) is 0 Å². The van der Waals surface area contributed by atoms with Crippen molar-refractivity contribution in [3.63, 3.8) is 0 Å². The highest BCUT2D eigenvalue weighted by molar-refractivity contribution is 7.89. The van der Waals surface area contributed by atoms with Crippen LogP contribution >= 0.6 is 0 Å². The molecule has 1 aromatic rings. The van der Waals surface area contributed by atoms with Gasteiger partial charge in [-0.05, 0) is 13.0 Å². The van der Waals surface area contributed by atoms with Crippen molar-refractivity contribution in [1.29, 1.82) is 0 Å². The second-order valence-corrected chi connectivity index (χ2v) is 5.68. The van der Waals surface area contributed by atoms with Gasteiger partial charge in [-0.25, -0.2) is 13.2 Å². The predicted octanol–water partition coefficient (Wildman–Crippen LogP) is 1.24. The number of aromatic nitrogens is 1. The van der Waals surface area contributed by atoms with Crippen LogP contribution in [-0.4, -0.2) is 41.5 Å². The molecule has 0 fully saturated rings. The van der Waals surface area contributed by atoms with E-state index in [1.54, 1.807) is 20.8 Å². The average molecular weight is 274 g/mol. The molecule has 6 nitrogen and oxygen atoms in total. The highest BCUT2D eigenvalue weighted by Gasteiger charge is 2.25. The third kappa shape index (κ3) is 2.56. The summed E-state index contributed by atoms with van der Waals surface area (Å²) in [6.07, 6.45) is 1.37. The second kappa shape index (κ2) is 5.53. The lowest BCUT2D eigenvalue weighted by Crippen LogP contribution is -2.30. The zero-order valence-corrected chi connectivity index (χ0v) is 11.6. The molecule has 0 aliphatic heterocycles. The number of carboxylic acid groups (broad SMARTS) is 1. The fourth-order valence-electron chi connectivity index (χ4n) is 1.78. The molecular formula is C11H18N2O4S. The smallest absolute Gasteiger partial charge is 0.352 e. The van der Waals surface area contributed by atoms with Crippen LogP contribution in [0.2, 0.25) is 0 Å². The molecule has 0 spiro atoms. The summed E-state index contributed by atoms with van der Waals surface area (Å²) >= 11 is 0. The highest BCUT2D eigenvalue weighted by atomic mass is 32.2. The number of nitrogens with zero attached hydrogens (tertiary/aromatic N) is 2. The molecule has 1 aromatic heterocycles. The van der Waals surface area contributed by atoms with Gasteiger partial charge in [0, 0.05) is 25.8 Å². The topological polar surface area (TPSA) is 79.6 Å². The molecule has 0 unspecified atom stereocenters. The molecule has 18 heavy (non-hydrogen) atoms. The quantitative estimate of drug-likeness (QED) is 0.846. The average Bonchev–Trinajstić information content (AvgIpc) is 2.74. The first-order valence-electron chi connectivity index (χ1n) is 5.82. The van der Waals surface area contributed by atoms with Gasteiger partial charge in [-0.1, -0.05) is 13.8 Å². The molecule has 0 amide bonds. The molecule has 7 heteroatoms. The summed E-state index contributed by atoms with van der Waals surface area (Å²) in [7, 11) is -3.60. The van der Waals surface area contributed by atoms with Crippen molar-refractivity contribution in [2.75, 3.05) is 13.1 Å². The normalized spacial score (nSPS) is 12.0. The fourth-order valence-corrected chi connectivity index (χ4v) is 3.28. The van der Waals surface area contributed by atoms with Gasteiger partial charge in [0.2, 0.25) is 10.0 Å². The standard InChI is InChI=1S/C11H18N2O4S/c1-4-12-8-9(7-10(12)11(14)15)18(16,17)13(5-2)6-3/h7-8H,4-6H2,1-3H3,(H,14,15). The molecule has 0 aliphatic carbocycles. The van der Waals surface area contributed by atoms with Gasteiger partial charge in [-0.2, -0.15) is 4.31 Å². The van der Waals surface area contributed by atoms with Crippen LogP contribution in [0.4, 0.5) is 0 Å². The zero-order valence-electron chi connectivity index (χ0n) is 10.8. The van der Waals surface area contributed by atoms with E-state index in [0.717, 1.165) is 0 Å². The molecule has 0 aliphatic rings. The number of sulfonamides is 1. The summed E-state index contributed by atoms with van der Waals surface area (Å²) in [4.78, 5) is 11.0. The van der Waals surface area contributed by atoms with Gasteiger partial charge in [-0.15, -0.1) is 0 Å². The molecule has 0 bridgehead atoms. The van der Waals surface area contributed by atoms with Crippen LogP contribution in [0.3, 0.4) is 0 Å². The Morgan fingerprint density at radius 2 is 1.89 bits per heavy atom. The lowest BCUT2D eigenvalue weighted by molar-refractivity contribution is 0.0685. The maximum Gasteiger partial charge on any atom is 0.352 e. The van der Waals surface area contributed by atoms with E-state index in [2.05, 4.69) is 0 Å². The van der Waals surface area contributed by atoms with Crippen molar-refractivity contribution in [1.82, 2.24) is 8.87 Å². The molecule has 1 rings (SSSR count). The monoisotopic (exact) mass is 274 g/mol. The van der Waals surface area contributed by atoms with E-state index < -0.39 is 16.0 Å². The van der Waals surface area contributed by atoms with E-state index in [4.69, 9.17) is 5.11 Å². The van der Waals surface area contributed by atoms with Crippen LogP contribution < -0.4 is 0 Å². The summed E-state index contributed by atoms with van der Waals surface area (Å²) in [6.45, 7) is 6.39. The molecule has 102 valence electrons. The SMILES string of the molecule is CCN(CC)S(=O)(=O)c1cc(C(=O)O)n(CC)c1. The Bertz CT molecular complexity index is 529. The van der Waals surface area contributed by atoms with Crippen molar-refractivity contribution >= 4 is 16.0 Å². The molecular weight excluding hydrogens is 256 g/mol. The summed E-state index contributed by atoms with van der Waals surface area (Å²) in [5.74, 6) is -1.13. The number of carbonyl (C=O) groups is 1. The van der Waals surface area contributed by atoms with Crippen LogP contribution in [0, 0.1) is 0 Å². The molecule has 1 heterocycles. The Labute approximate surface area is 107 Å². The molecule has 0 atom stereocenters. The van der Waals surface area contributed by atoms with Crippen LogP contribution in [0.5, 0.6) is 0 Å². The van der Waals surface area contributed by atoms with Gasteiger partial charge in [-0.3, -0.25) is 0 Å². The van der Waals surface area contributed by atoms with Crippen molar-refractivity contribution < 1.29 is 18.3 Å².